The summed E-state index contributed by atoms with van der Waals surface area (Å²) in [7, 11) is 0. The van der Waals surface area contributed by atoms with E-state index in [1.807, 2.05) is 35.1 Å². The van der Waals surface area contributed by atoms with Crippen molar-refractivity contribution >= 4 is 23.1 Å². The van der Waals surface area contributed by atoms with Crippen LogP contribution in [0, 0.1) is 6.92 Å². The minimum atomic E-state index is 0.332. The van der Waals surface area contributed by atoms with Crippen LogP contribution in [0.5, 0.6) is 0 Å². The summed E-state index contributed by atoms with van der Waals surface area (Å²) in [5.41, 5.74) is 6.38. The Balaban J connectivity index is 1.59. The number of rotatable bonds is 5. The first-order valence-electron chi connectivity index (χ1n) is 9.32. The van der Waals surface area contributed by atoms with Crippen LogP contribution in [-0.4, -0.2) is 19.6 Å². The third-order valence-electron chi connectivity index (χ3n) is 4.80. The van der Waals surface area contributed by atoms with Gasteiger partial charge in [0.1, 0.15) is 11.0 Å². The van der Waals surface area contributed by atoms with Gasteiger partial charge in [-0.15, -0.1) is 0 Å². The minimum Gasteiger partial charge on any atom is -0.366 e. The highest BCUT2D eigenvalue weighted by molar-refractivity contribution is 6.29. The molecule has 1 N–H and O–H groups in total. The van der Waals surface area contributed by atoms with E-state index in [9.17, 15) is 0 Å². The van der Waals surface area contributed by atoms with E-state index in [0.29, 0.717) is 17.6 Å². The second-order valence-corrected chi connectivity index (χ2v) is 7.56. The third kappa shape index (κ3) is 3.58. The molecule has 3 aromatic heterocycles. The third-order valence-corrected chi connectivity index (χ3v) is 4.99. The van der Waals surface area contributed by atoms with Crippen molar-refractivity contribution in [2.24, 2.45) is 0 Å². The van der Waals surface area contributed by atoms with E-state index in [1.54, 1.807) is 6.07 Å². The van der Waals surface area contributed by atoms with E-state index in [4.69, 9.17) is 11.6 Å². The monoisotopic (exact) mass is 391 g/mol. The summed E-state index contributed by atoms with van der Waals surface area (Å²) in [5, 5.41) is 8.39. The minimum absolute atomic E-state index is 0.332. The van der Waals surface area contributed by atoms with Crippen LogP contribution in [0.25, 0.3) is 16.9 Å². The maximum Gasteiger partial charge on any atom is 0.162 e. The van der Waals surface area contributed by atoms with Crippen molar-refractivity contribution < 1.29 is 0 Å². The van der Waals surface area contributed by atoms with Gasteiger partial charge < -0.3 is 5.32 Å². The molecular formula is C22H22ClN5. The molecule has 4 rings (SSSR count). The number of benzene rings is 1. The Morgan fingerprint density at radius 3 is 2.71 bits per heavy atom. The van der Waals surface area contributed by atoms with Crippen LogP contribution in [-0.2, 0) is 6.54 Å². The van der Waals surface area contributed by atoms with Crippen LogP contribution in [0.3, 0.4) is 0 Å². The summed E-state index contributed by atoms with van der Waals surface area (Å²) in [6.45, 7) is 7.02. The van der Waals surface area contributed by atoms with E-state index >= 15 is 0 Å². The van der Waals surface area contributed by atoms with E-state index in [-0.39, 0.29) is 0 Å². The lowest BCUT2D eigenvalue weighted by molar-refractivity contribution is 0.871. The Morgan fingerprint density at radius 1 is 1.14 bits per heavy atom. The average Bonchev–Trinajstić information content (AvgIpc) is 3.11. The van der Waals surface area contributed by atoms with Crippen molar-refractivity contribution in [1.29, 1.82) is 0 Å². The normalized spacial score (nSPS) is 11.3. The number of pyridine rings is 1. The zero-order valence-electron chi connectivity index (χ0n) is 16.1. The number of hydrogen-bond donors (Lipinski definition) is 1. The summed E-state index contributed by atoms with van der Waals surface area (Å²) >= 11 is 6.25. The van der Waals surface area contributed by atoms with Crippen molar-refractivity contribution in [3.05, 3.63) is 76.7 Å². The molecule has 5 nitrogen and oxygen atoms in total. The Morgan fingerprint density at radius 2 is 2.00 bits per heavy atom. The van der Waals surface area contributed by atoms with Crippen molar-refractivity contribution in [2.75, 3.05) is 5.32 Å². The fourth-order valence-corrected chi connectivity index (χ4v) is 3.50. The molecule has 0 bridgehead atoms. The predicted octanol–water partition coefficient (Wildman–Crippen LogP) is 5.49. The largest absolute Gasteiger partial charge is 0.366 e. The van der Waals surface area contributed by atoms with Crippen molar-refractivity contribution in [2.45, 2.75) is 33.2 Å². The number of anilines is 1. The number of fused-ring (bicyclic) bond motifs is 1. The van der Waals surface area contributed by atoms with Crippen LogP contribution in [0.15, 0.2) is 54.9 Å². The average molecular weight is 392 g/mol. The van der Waals surface area contributed by atoms with Gasteiger partial charge in [0.15, 0.2) is 5.65 Å². The first-order chi connectivity index (χ1) is 13.5. The molecule has 0 fully saturated rings. The molecule has 0 saturated carbocycles. The lowest BCUT2D eigenvalue weighted by Gasteiger charge is -2.12. The van der Waals surface area contributed by atoms with Gasteiger partial charge in [-0.2, -0.15) is 9.61 Å². The number of nitrogens with one attached hydrogen (secondary N) is 1. The first-order valence-corrected chi connectivity index (χ1v) is 9.69. The molecule has 0 aliphatic carbocycles. The summed E-state index contributed by atoms with van der Waals surface area (Å²) in [5.74, 6) is 1.16. The zero-order valence-corrected chi connectivity index (χ0v) is 16.9. The SMILES string of the molecule is Cc1cc(CNc2cc(Cl)nc3c(C(C)C)cnn23)ccc1-c1ccccn1. The van der Waals surface area contributed by atoms with E-state index in [1.165, 1.54) is 11.1 Å². The van der Waals surface area contributed by atoms with Crippen LogP contribution >= 0.6 is 11.6 Å². The lowest BCUT2D eigenvalue weighted by atomic mass is 10.0. The Bertz CT molecular complexity index is 1120. The van der Waals surface area contributed by atoms with Gasteiger partial charge in [0, 0.05) is 29.9 Å². The molecule has 0 amide bonds. The van der Waals surface area contributed by atoms with Crippen LogP contribution < -0.4 is 5.32 Å². The molecule has 1 aromatic carbocycles. The second kappa shape index (κ2) is 7.60. The Kier molecular flexibility index (Phi) is 5.01. The molecule has 6 heteroatoms. The van der Waals surface area contributed by atoms with Gasteiger partial charge in [0.2, 0.25) is 0 Å². The van der Waals surface area contributed by atoms with Gasteiger partial charge in [0.25, 0.3) is 0 Å². The number of aromatic nitrogens is 4. The smallest absolute Gasteiger partial charge is 0.162 e. The van der Waals surface area contributed by atoms with E-state index < -0.39 is 0 Å². The number of aryl methyl sites for hydroxylation is 1. The van der Waals surface area contributed by atoms with Crippen molar-refractivity contribution in [3.63, 3.8) is 0 Å². The summed E-state index contributed by atoms with van der Waals surface area (Å²) in [4.78, 5) is 8.90. The van der Waals surface area contributed by atoms with Gasteiger partial charge in [-0.1, -0.05) is 49.7 Å². The second-order valence-electron chi connectivity index (χ2n) is 7.17. The summed E-state index contributed by atoms with van der Waals surface area (Å²) in [6, 6.07) is 14.2. The van der Waals surface area contributed by atoms with Crippen LogP contribution in [0.2, 0.25) is 5.15 Å². The fourth-order valence-electron chi connectivity index (χ4n) is 3.32. The Hall–Kier alpha value is -2.92. The molecule has 0 atom stereocenters. The molecule has 0 saturated heterocycles. The van der Waals surface area contributed by atoms with Crippen LogP contribution in [0.4, 0.5) is 5.82 Å². The maximum atomic E-state index is 6.25. The number of hydrogen-bond acceptors (Lipinski definition) is 4. The van der Waals surface area contributed by atoms with E-state index in [0.717, 1.165) is 28.3 Å². The van der Waals surface area contributed by atoms with Gasteiger partial charge in [-0.05, 0) is 36.1 Å². The Labute approximate surface area is 169 Å². The van der Waals surface area contributed by atoms with Crippen molar-refractivity contribution in [3.8, 4) is 11.3 Å². The summed E-state index contributed by atoms with van der Waals surface area (Å²) < 4.78 is 1.82. The van der Waals surface area contributed by atoms with Gasteiger partial charge in [-0.25, -0.2) is 4.98 Å². The molecule has 28 heavy (non-hydrogen) atoms. The molecule has 0 aliphatic heterocycles. The molecule has 0 aliphatic rings. The lowest BCUT2D eigenvalue weighted by Crippen LogP contribution is -2.07. The number of nitrogens with zero attached hydrogens (tertiary/aromatic N) is 4. The molecule has 0 unspecified atom stereocenters. The maximum absolute atomic E-state index is 6.25. The highest BCUT2D eigenvalue weighted by Crippen LogP contribution is 2.25. The molecular weight excluding hydrogens is 370 g/mol. The molecule has 142 valence electrons. The van der Waals surface area contributed by atoms with Gasteiger partial charge in [-0.3, -0.25) is 4.98 Å². The van der Waals surface area contributed by atoms with E-state index in [2.05, 4.69) is 59.4 Å². The highest BCUT2D eigenvalue weighted by atomic mass is 35.5. The zero-order chi connectivity index (χ0) is 19.7. The van der Waals surface area contributed by atoms with Crippen molar-refractivity contribution in [1.82, 2.24) is 19.6 Å². The summed E-state index contributed by atoms with van der Waals surface area (Å²) in [6.07, 6.45) is 3.68. The van der Waals surface area contributed by atoms with Gasteiger partial charge >= 0.3 is 0 Å². The quantitative estimate of drug-likeness (QED) is 0.457. The molecule has 4 aromatic rings. The van der Waals surface area contributed by atoms with Crippen LogP contribution in [0.1, 0.15) is 36.5 Å². The highest BCUT2D eigenvalue weighted by Gasteiger charge is 2.13. The molecule has 0 radical (unpaired) electrons. The number of halogens is 1. The standard InChI is InChI=1S/C22H22ClN5/c1-14(2)18-13-26-28-21(11-20(23)27-22(18)28)25-12-16-7-8-17(15(3)10-16)19-6-4-5-9-24-19/h4-11,13-14,25H,12H2,1-3H3. The molecule has 0 spiro atoms. The fraction of sp³-hybridized carbons (Fsp3) is 0.227. The molecule has 3 heterocycles. The van der Waals surface area contributed by atoms with Gasteiger partial charge in [0.05, 0.1) is 11.9 Å². The predicted molar refractivity (Wildman–Crippen MR) is 114 cm³/mol. The first kappa shape index (κ1) is 18.4. The topological polar surface area (TPSA) is 55.1 Å².